The number of carboxylic acids is 1. The number of carboxylic acid groups (broad SMARTS) is 1. The van der Waals surface area contributed by atoms with Crippen LogP contribution in [0.2, 0.25) is 0 Å². The van der Waals surface area contributed by atoms with Crippen LogP contribution in [-0.2, 0) is 11.3 Å². The zero-order valence-corrected chi connectivity index (χ0v) is 13.9. The van der Waals surface area contributed by atoms with Crippen LogP contribution in [0.1, 0.15) is 34.5 Å². The minimum absolute atomic E-state index is 0.00174. The van der Waals surface area contributed by atoms with Crippen LogP contribution in [-0.4, -0.2) is 54.0 Å². The average Bonchev–Trinajstić information content (AvgIpc) is 3.09. The second-order valence-electron chi connectivity index (χ2n) is 6.75. The fourth-order valence-corrected chi connectivity index (χ4v) is 4.81. The Morgan fingerprint density at radius 3 is 2.91 bits per heavy atom. The molecule has 1 aromatic heterocycles. The Kier molecular flexibility index (Phi) is 3.99. The Balaban J connectivity index is 1.80. The molecular weight excluding hydrogens is 300 g/mol. The summed E-state index contributed by atoms with van der Waals surface area (Å²) in [6.07, 6.45) is 2.58. The molecule has 1 N–H and O–H groups in total. The van der Waals surface area contributed by atoms with Crippen LogP contribution in [0, 0.1) is 11.3 Å². The lowest BCUT2D eigenvalue weighted by atomic mass is 9.81. The summed E-state index contributed by atoms with van der Waals surface area (Å²) in [6.45, 7) is 1.68. The van der Waals surface area contributed by atoms with Crippen LogP contribution in [0.25, 0.3) is 0 Å². The van der Waals surface area contributed by atoms with Gasteiger partial charge in [-0.3, -0.25) is 9.59 Å². The number of carbonyl (C=O) groups excluding carboxylic acids is 1. The molecule has 22 heavy (non-hydrogen) atoms. The summed E-state index contributed by atoms with van der Waals surface area (Å²) in [6, 6.07) is 1.99. The Labute approximate surface area is 134 Å². The minimum Gasteiger partial charge on any atom is -0.481 e. The Hall–Kier alpha value is -1.40. The van der Waals surface area contributed by atoms with Gasteiger partial charge in [0.15, 0.2) is 0 Å². The van der Waals surface area contributed by atoms with E-state index in [2.05, 4.69) is 0 Å². The summed E-state index contributed by atoms with van der Waals surface area (Å²) in [4.78, 5) is 29.1. The maximum atomic E-state index is 12.8. The molecule has 0 unspecified atom stereocenters. The number of nitrogens with zero attached hydrogens (tertiary/aromatic N) is 2. The second-order valence-corrected chi connectivity index (χ2v) is 7.66. The predicted octanol–water partition coefficient (Wildman–Crippen LogP) is 2.14. The lowest BCUT2D eigenvalue weighted by molar-refractivity contribution is -0.149. The van der Waals surface area contributed by atoms with E-state index in [1.165, 1.54) is 11.3 Å². The van der Waals surface area contributed by atoms with Crippen molar-refractivity contribution in [2.75, 3.05) is 27.2 Å². The van der Waals surface area contributed by atoms with E-state index in [4.69, 9.17) is 0 Å². The van der Waals surface area contributed by atoms with Crippen molar-refractivity contribution >= 4 is 23.2 Å². The first-order valence-corrected chi connectivity index (χ1v) is 8.56. The Bertz CT molecular complexity index is 598. The average molecular weight is 322 g/mol. The van der Waals surface area contributed by atoms with Crippen LogP contribution < -0.4 is 0 Å². The van der Waals surface area contributed by atoms with Crippen LogP contribution in [0.5, 0.6) is 0 Å². The van der Waals surface area contributed by atoms with Crippen LogP contribution in [0.3, 0.4) is 0 Å². The summed E-state index contributed by atoms with van der Waals surface area (Å²) in [7, 11) is 3.96. The van der Waals surface area contributed by atoms with Gasteiger partial charge in [0.1, 0.15) is 0 Å². The van der Waals surface area contributed by atoms with Gasteiger partial charge in [0.05, 0.1) is 10.3 Å². The number of carbonyl (C=O) groups is 2. The third-order valence-corrected chi connectivity index (χ3v) is 5.96. The summed E-state index contributed by atoms with van der Waals surface area (Å²) in [5.74, 6) is -0.613. The zero-order valence-electron chi connectivity index (χ0n) is 13.0. The van der Waals surface area contributed by atoms with Gasteiger partial charge in [-0.25, -0.2) is 0 Å². The maximum Gasteiger partial charge on any atom is 0.311 e. The number of thiophene rings is 1. The normalized spacial score (nSPS) is 27.4. The molecule has 2 fully saturated rings. The van der Waals surface area contributed by atoms with E-state index >= 15 is 0 Å². The summed E-state index contributed by atoms with van der Waals surface area (Å²) in [5.41, 5.74) is 0.329. The van der Waals surface area contributed by atoms with Gasteiger partial charge in [0.2, 0.25) is 0 Å². The Morgan fingerprint density at radius 1 is 1.50 bits per heavy atom. The second kappa shape index (κ2) is 5.66. The molecule has 5 nitrogen and oxygen atoms in total. The zero-order chi connectivity index (χ0) is 15.9. The van der Waals surface area contributed by atoms with E-state index < -0.39 is 11.4 Å². The molecule has 3 rings (SSSR count). The monoisotopic (exact) mass is 322 g/mol. The van der Waals surface area contributed by atoms with Crippen molar-refractivity contribution in [1.29, 1.82) is 0 Å². The van der Waals surface area contributed by atoms with Gasteiger partial charge in [-0.15, -0.1) is 11.3 Å². The highest BCUT2D eigenvalue weighted by Gasteiger charge is 2.55. The lowest BCUT2D eigenvalue weighted by Crippen LogP contribution is -2.37. The number of hydrogen-bond donors (Lipinski definition) is 1. The summed E-state index contributed by atoms with van der Waals surface area (Å²) in [5, 5.41) is 11.6. The van der Waals surface area contributed by atoms with Crippen LogP contribution >= 0.6 is 11.3 Å². The van der Waals surface area contributed by atoms with Gasteiger partial charge >= 0.3 is 5.97 Å². The molecular formula is C16H22N2O3S. The van der Waals surface area contributed by atoms with Crippen LogP contribution in [0.15, 0.2) is 11.4 Å². The molecule has 120 valence electrons. The molecule has 0 radical (unpaired) electrons. The fraction of sp³-hybridized carbons (Fsp3) is 0.625. The molecule has 1 aromatic rings. The smallest absolute Gasteiger partial charge is 0.311 e. The molecule has 0 aromatic carbocycles. The molecule has 0 spiro atoms. The van der Waals surface area contributed by atoms with Crippen molar-refractivity contribution in [2.24, 2.45) is 11.3 Å². The van der Waals surface area contributed by atoms with E-state index in [-0.39, 0.29) is 11.8 Å². The molecule has 2 aliphatic rings. The van der Waals surface area contributed by atoms with Gasteiger partial charge in [-0.2, -0.15) is 0 Å². The van der Waals surface area contributed by atoms with Crippen molar-refractivity contribution in [3.8, 4) is 0 Å². The number of likely N-dealkylation sites (tertiary alicyclic amines) is 1. The third-order valence-electron chi connectivity index (χ3n) is 5.01. The highest BCUT2D eigenvalue weighted by molar-refractivity contribution is 7.12. The first kappa shape index (κ1) is 15.5. The molecule has 1 aliphatic carbocycles. The first-order valence-electron chi connectivity index (χ1n) is 7.68. The number of aliphatic carboxylic acids is 1. The number of hydrogen-bond acceptors (Lipinski definition) is 4. The molecule has 2 heterocycles. The van der Waals surface area contributed by atoms with E-state index in [1.807, 2.05) is 30.4 Å². The van der Waals surface area contributed by atoms with Gasteiger partial charge in [0.25, 0.3) is 5.91 Å². The molecule has 2 atom stereocenters. The van der Waals surface area contributed by atoms with Crippen molar-refractivity contribution < 1.29 is 14.7 Å². The van der Waals surface area contributed by atoms with E-state index in [0.29, 0.717) is 19.5 Å². The van der Waals surface area contributed by atoms with Gasteiger partial charge in [-0.05, 0) is 49.9 Å². The molecule has 1 saturated carbocycles. The fourth-order valence-electron chi connectivity index (χ4n) is 3.93. The topological polar surface area (TPSA) is 60.9 Å². The summed E-state index contributed by atoms with van der Waals surface area (Å²) < 4.78 is 0. The highest BCUT2D eigenvalue weighted by atomic mass is 32.1. The highest BCUT2D eigenvalue weighted by Crippen LogP contribution is 2.49. The van der Waals surface area contributed by atoms with Crippen LogP contribution in [0.4, 0.5) is 0 Å². The molecule has 0 bridgehead atoms. The van der Waals surface area contributed by atoms with Gasteiger partial charge < -0.3 is 14.9 Å². The SMILES string of the molecule is CN(C)Cc1ccsc1C(=O)N1C[C@@H]2CCC[C@@]2(C(=O)O)C1. The largest absolute Gasteiger partial charge is 0.481 e. The molecule has 6 heteroatoms. The van der Waals surface area contributed by atoms with Crippen molar-refractivity contribution in [3.63, 3.8) is 0 Å². The van der Waals surface area contributed by atoms with E-state index in [1.54, 1.807) is 4.90 Å². The summed E-state index contributed by atoms with van der Waals surface area (Å²) >= 11 is 1.46. The molecule has 1 saturated heterocycles. The van der Waals surface area contributed by atoms with Gasteiger partial charge in [0, 0.05) is 19.6 Å². The minimum atomic E-state index is -0.731. The van der Waals surface area contributed by atoms with Gasteiger partial charge in [-0.1, -0.05) is 6.42 Å². The third kappa shape index (κ3) is 2.44. The number of amides is 1. The van der Waals surface area contributed by atoms with E-state index in [0.717, 1.165) is 29.8 Å². The standard InChI is InChI=1S/C16H22N2O3S/c1-17(2)8-11-5-7-22-13(11)14(19)18-9-12-4-3-6-16(12,10-18)15(20)21/h5,7,12H,3-4,6,8-10H2,1-2H3,(H,20,21)/t12-,16+/m0/s1. The quantitative estimate of drug-likeness (QED) is 0.922. The molecule has 1 amide bonds. The van der Waals surface area contributed by atoms with Crippen molar-refractivity contribution in [1.82, 2.24) is 9.80 Å². The maximum absolute atomic E-state index is 12.8. The first-order chi connectivity index (χ1) is 10.4. The van der Waals surface area contributed by atoms with Crippen molar-refractivity contribution in [2.45, 2.75) is 25.8 Å². The predicted molar refractivity (Wildman–Crippen MR) is 85.0 cm³/mol. The number of fused-ring (bicyclic) bond motifs is 1. The van der Waals surface area contributed by atoms with Crippen molar-refractivity contribution in [3.05, 3.63) is 21.9 Å². The lowest BCUT2D eigenvalue weighted by Gasteiger charge is -2.23. The van der Waals surface area contributed by atoms with E-state index in [9.17, 15) is 14.7 Å². The molecule has 1 aliphatic heterocycles. The Morgan fingerprint density at radius 2 is 2.27 bits per heavy atom. The number of rotatable bonds is 4.